The molecule has 5 heteroatoms. The van der Waals surface area contributed by atoms with Gasteiger partial charge in [0, 0.05) is 17.0 Å². The Morgan fingerprint density at radius 1 is 1.52 bits per heavy atom. The molecule has 0 unspecified atom stereocenters. The monoisotopic (exact) mass is 299 g/mol. The molecular formula is C16H14FN3S. The lowest BCUT2D eigenvalue weighted by Gasteiger charge is -2.32. The minimum atomic E-state index is -0.860. The van der Waals surface area contributed by atoms with Crippen molar-refractivity contribution >= 4 is 16.9 Å². The van der Waals surface area contributed by atoms with E-state index in [0.29, 0.717) is 16.3 Å². The van der Waals surface area contributed by atoms with Gasteiger partial charge in [-0.15, -0.1) is 6.42 Å². The highest BCUT2D eigenvalue weighted by Gasteiger charge is 2.73. The lowest BCUT2D eigenvalue weighted by molar-refractivity contribution is 0.386. The van der Waals surface area contributed by atoms with E-state index in [4.69, 9.17) is 12.2 Å². The Kier molecular flexibility index (Phi) is 2.83. The third kappa shape index (κ3) is 1.71. The van der Waals surface area contributed by atoms with E-state index in [9.17, 15) is 9.65 Å². The van der Waals surface area contributed by atoms with E-state index < -0.39 is 10.3 Å². The van der Waals surface area contributed by atoms with E-state index in [1.807, 2.05) is 13.8 Å². The molecule has 1 heterocycles. The maximum absolute atomic E-state index is 14.3. The van der Waals surface area contributed by atoms with Gasteiger partial charge in [-0.25, -0.2) is 4.39 Å². The molecule has 3 rings (SSSR count). The van der Waals surface area contributed by atoms with Gasteiger partial charge in [0.25, 0.3) is 0 Å². The first-order chi connectivity index (χ1) is 9.89. The second kappa shape index (κ2) is 4.26. The van der Waals surface area contributed by atoms with Gasteiger partial charge in [-0.05, 0) is 31.0 Å². The second-order valence-electron chi connectivity index (χ2n) is 5.71. The van der Waals surface area contributed by atoms with Crippen molar-refractivity contribution in [2.24, 2.45) is 22.6 Å². The van der Waals surface area contributed by atoms with Crippen LogP contribution < -0.4 is 5.73 Å². The SMILES string of the molecule is C#Cc1ccc(F)c([C@@]2(C)N=C(N)S[C@]3(C#N)[C@H]2[C@@H]3C)c1. The highest BCUT2D eigenvalue weighted by molar-refractivity contribution is 8.15. The number of amidine groups is 1. The quantitative estimate of drug-likeness (QED) is 0.811. The number of aliphatic imine (C=N–C) groups is 1. The Morgan fingerprint density at radius 3 is 2.86 bits per heavy atom. The van der Waals surface area contributed by atoms with Crippen LogP contribution in [0, 0.1) is 41.3 Å². The van der Waals surface area contributed by atoms with Crippen LogP contribution in [-0.2, 0) is 5.54 Å². The summed E-state index contributed by atoms with van der Waals surface area (Å²) in [5.41, 5.74) is 6.05. The average Bonchev–Trinajstić information content (AvgIpc) is 3.05. The summed E-state index contributed by atoms with van der Waals surface area (Å²) in [6, 6.07) is 6.89. The zero-order valence-corrected chi connectivity index (χ0v) is 12.5. The molecule has 1 fully saturated rings. The van der Waals surface area contributed by atoms with Crippen molar-refractivity contribution in [2.45, 2.75) is 24.1 Å². The molecule has 1 aromatic rings. The number of thioether (sulfide) groups is 1. The largest absolute Gasteiger partial charge is 0.378 e. The first kappa shape index (κ1) is 14.0. The summed E-state index contributed by atoms with van der Waals surface area (Å²) in [4.78, 5) is 4.48. The maximum Gasteiger partial charge on any atom is 0.156 e. The number of nitrogens with two attached hydrogens (primary N) is 1. The van der Waals surface area contributed by atoms with E-state index in [1.54, 1.807) is 12.1 Å². The lowest BCUT2D eigenvalue weighted by Crippen LogP contribution is -2.35. The van der Waals surface area contributed by atoms with Crippen molar-refractivity contribution in [2.75, 3.05) is 0 Å². The van der Waals surface area contributed by atoms with Gasteiger partial charge in [0.15, 0.2) is 5.17 Å². The molecule has 0 spiro atoms. The average molecular weight is 299 g/mol. The van der Waals surface area contributed by atoms with Crippen LogP contribution in [0.1, 0.15) is 25.0 Å². The number of hydrogen-bond acceptors (Lipinski definition) is 4. The van der Waals surface area contributed by atoms with Crippen LogP contribution in [0.2, 0.25) is 0 Å². The van der Waals surface area contributed by atoms with E-state index in [2.05, 4.69) is 17.0 Å². The van der Waals surface area contributed by atoms with Gasteiger partial charge in [-0.1, -0.05) is 24.6 Å². The molecule has 0 amide bonds. The fourth-order valence-corrected chi connectivity index (χ4v) is 4.95. The molecule has 1 aromatic carbocycles. The number of nitrogens with zero attached hydrogens (tertiary/aromatic N) is 2. The van der Waals surface area contributed by atoms with Crippen LogP contribution >= 0.6 is 11.8 Å². The third-order valence-corrected chi connectivity index (χ3v) is 5.96. The van der Waals surface area contributed by atoms with E-state index in [-0.39, 0.29) is 17.7 Å². The summed E-state index contributed by atoms with van der Waals surface area (Å²) in [6.45, 7) is 3.81. The van der Waals surface area contributed by atoms with Gasteiger partial charge in [0.05, 0.1) is 11.6 Å². The highest BCUT2D eigenvalue weighted by Crippen LogP contribution is 2.69. The van der Waals surface area contributed by atoms with Gasteiger partial charge < -0.3 is 5.73 Å². The Bertz CT molecular complexity index is 745. The first-order valence-corrected chi connectivity index (χ1v) is 7.43. The van der Waals surface area contributed by atoms with Crippen molar-refractivity contribution in [1.82, 2.24) is 0 Å². The van der Waals surface area contributed by atoms with Gasteiger partial charge in [-0.2, -0.15) is 5.26 Å². The van der Waals surface area contributed by atoms with Crippen LogP contribution in [0.5, 0.6) is 0 Å². The minimum Gasteiger partial charge on any atom is -0.378 e. The number of benzene rings is 1. The van der Waals surface area contributed by atoms with Crippen molar-refractivity contribution in [3.05, 3.63) is 35.1 Å². The standard InChI is InChI=1S/C16H14FN3S/c1-4-10-5-6-12(17)11(7-10)15(3)13-9(2)16(13,8-18)21-14(19)20-15/h1,5-7,9,13H,2-3H3,(H2,19,20)/t9-,13-,15+,16-/m0/s1. The summed E-state index contributed by atoms with van der Waals surface area (Å²) in [7, 11) is 0. The fourth-order valence-electron chi connectivity index (χ4n) is 3.51. The molecule has 3 nitrogen and oxygen atoms in total. The maximum atomic E-state index is 14.3. The number of hydrogen-bond donors (Lipinski definition) is 1. The summed E-state index contributed by atoms with van der Waals surface area (Å²) in [5, 5.41) is 9.85. The van der Waals surface area contributed by atoms with Crippen molar-refractivity contribution in [3.8, 4) is 18.4 Å². The minimum absolute atomic E-state index is 0.0742. The van der Waals surface area contributed by atoms with Crippen molar-refractivity contribution in [3.63, 3.8) is 0 Å². The Hall–Kier alpha value is -1.98. The molecule has 4 atom stereocenters. The van der Waals surface area contributed by atoms with Gasteiger partial charge in [0.2, 0.25) is 0 Å². The summed E-state index contributed by atoms with van der Waals surface area (Å²) in [6.07, 6.45) is 5.40. The molecule has 0 aromatic heterocycles. The molecule has 0 radical (unpaired) electrons. The molecular weight excluding hydrogens is 285 g/mol. The number of halogens is 1. The van der Waals surface area contributed by atoms with Crippen molar-refractivity contribution in [1.29, 1.82) is 5.26 Å². The molecule has 2 N–H and O–H groups in total. The van der Waals surface area contributed by atoms with E-state index in [0.717, 1.165) is 0 Å². The molecule has 21 heavy (non-hydrogen) atoms. The van der Waals surface area contributed by atoms with Crippen LogP contribution in [0.4, 0.5) is 4.39 Å². The van der Waals surface area contributed by atoms with Gasteiger partial charge in [0.1, 0.15) is 10.6 Å². The molecule has 106 valence electrons. The number of rotatable bonds is 1. The Balaban J connectivity index is 2.20. The Morgan fingerprint density at radius 2 is 2.24 bits per heavy atom. The molecule has 1 saturated carbocycles. The number of terminal acetylenes is 1. The van der Waals surface area contributed by atoms with E-state index in [1.165, 1.54) is 17.8 Å². The predicted molar refractivity (Wildman–Crippen MR) is 81.9 cm³/mol. The van der Waals surface area contributed by atoms with Crippen LogP contribution in [0.15, 0.2) is 23.2 Å². The van der Waals surface area contributed by atoms with Gasteiger partial charge in [-0.3, -0.25) is 4.99 Å². The normalized spacial score (nSPS) is 36.9. The van der Waals surface area contributed by atoms with Crippen LogP contribution in [0.3, 0.4) is 0 Å². The molecule has 2 aliphatic rings. The summed E-state index contributed by atoms with van der Waals surface area (Å²) in [5.74, 6) is 2.16. The molecule has 1 aliphatic heterocycles. The number of fused-ring (bicyclic) bond motifs is 1. The molecule has 0 saturated heterocycles. The fraction of sp³-hybridized carbons (Fsp3) is 0.375. The summed E-state index contributed by atoms with van der Waals surface area (Å²) >= 11 is 1.29. The van der Waals surface area contributed by atoms with Crippen LogP contribution in [-0.4, -0.2) is 9.91 Å². The lowest BCUT2D eigenvalue weighted by atomic mass is 9.84. The van der Waals surface area contributed by atoms with E-state index >= 15 is 0 Å². The number of nitriles is 1. The molecule has 1 aliphatic carbocycles. The first-order valence-electron chi connectivity index (χ1n) is 6.61. The third-order valence-electron chi connectivity index (χ3n) is 4.60. The zero-order valence-electron chi connectivity index (χ0n) is 11.7. The predicted octanol–water partition coefficient (Wildman–Crippen LogP) is 2.61. The van der Waals surface area contributed by atoms with Gasteiger partial charge >= 0.3 is 0 Å². The highest BCUT2D eigenvalue weighted by atomic mass is 32.2. The topological polar surface area (TPSA) is 62.2 Å². The Labute approximate surface area is 127 Å². The molecule has 0 bridgehead atoms. The smallest absolute Gasteiger partial charge is 0.156 e. The zero-order chi connectivity index (χ0) is 15.4. The van der Waals surface area contributed by atoms with Crippen molar-refractivity contribution < 1.29 is 4.39 Å². The summed E-state index contributed by atoms with van der Waals surface area (Å²) < 4.78 is 13.7. The second-order valence-corrected chi connectivity index (χ2v) is 7.01. The van der Waals surface area contributed by atoms with Crippen LogP contribution in [0.25, 0.3) is 0 Å².